The van der Waals surface area contributed by atoms with E-state index < -0.39 is 0 Å². The van der Waals surface area contributed by atoms with Gasteiger partial charge in [-0.1, -0.05) is 12.1 Å². The van der Waals surface area contributed by atoms with Crippen molar-refractivity contribution < 1.29 is 4.74 Å². The second kappa shape index (κ2) is 11.2. The lowest BCUT2D eigenvalue weighted by atomic mass is 9.98. The molecule has 1 aliphatic rings. The molecule has 5 heteroatoms. The van der Waals surface area contributed by atoms with Crippen molar-refractivity contribution in [2.45, 2.75) is 26.3 Å². The first-order chi connectivity index (χ1) is 8.88. The molecular weight excluding hydrogens is 295 g/mol. The van der Waals surface area contributed by atoms with Crippen LogP contribution in [0.25, 0.3) is 0 Å². The molecule has 0 unspecified atom stereocenters. The smallest absolute Gasteiger partial charge is 0.119 e. The van der Waals surface area contributed by atoms with Crippen LogP contribution < -0.4 is 15.4 Å². The van der Waals surface area contributed by atoms with Crippen LogP contribution in [0, 0.1) is 5.92 Å². The van der Waals surface area contributed by atoms with Gasteiger partial charge in [-0.2, -0.15) is 0 Å². The van der Waals surface area contributed by atoms with E-state index in [-0.39, 0.29) is 24.8 Å². The van der Waals surface area contributed by atoms with Crippen LogP contribution in [0.4, 0.5) is 0 Å². The van der Waals surface area contributed by atoms with Crippen LogP contribution in [0.5, 0.6) is 5.75 Å². The first kappa shape index (κ1) is 19.5. The fourth-order valence-corrected chi connectivity index (χ4v) is 2.42. The first-order valence-electron chi connectivity index (χ1n) is 7.01. The van der Waals surface area contributed by atoms with Gasteiger partial charge in [0, 0.05) is 6.54 Å². The molecule has 1 heterocycles. The summed E-state index contributed by atoms with van der Waals surface area (Å²) in [6.45, 7) is 7.15. The van der Waals surface area contributed by atoms with Gasteiger partial charge < -0.3 is 15.4 Å². The second-order valence-electron chi connectivity index (χ2n) is 4.90. The Morgan fingerprint density at radius 3 is 2.70 bits per heavy atom. The van der Waals surface area contributed by atoms with Crippen LogP contribution >= 0.6 is 24.8 Å². The lowest BCUT2D eigenvalue weighted by Crippen LogP contribution is -2.33. The third-order valence-corrected chi connectivity index (χ3v) is 3.43. The monoisotopic (exact) mass is 320 g/mol. The van der Waals surface area contributed by atoms with E-state index in [0.29, 0.717) is 0 Å². The zero-order valence-corrected chi connectivity index (χ0v) is 13.7. The molecule has 3 nitrogen and oxygen atoms in total. The lowest BCUT2D eigenvalue weighted by molar-refractivity contribution is 0.339. The van der Waals surface area contributed by atoms with E-state index in [1.165, 1.54) is 31.5 Å². The van der Waals surface area contributed by atoms with Crippen LogP contribution in [0.15, 0.2) is 24.3 Å². The SMILES string of the molecule is CCOc1cccc(CNCC2CCNCC2)c1.Cl.Cl. The van der Waals surface area contributed by atoms with E-state index in [9.17, 15) is 0 Å². The highest BCUT2D eigenvalue weighted by atomic mass is 35.5. The van der Waals surface area contributed by atoms with Gasteiger partial charge in [-0.3, -0.25) is 0 Å². The minimum atomic E-state index is 0. The van der Waals surface area contributed by atoms with Crippen LogP contribution in [-0.2, 0) is 6.54 Å². The maximum absolute atomic E-state index is 5.51. The lowest BCUT2D eigenvalue weighted by Gasteiger charge is -2.22. The van der Waals surface area contributed by atoms with Gasteiger partial charge in [0.2, 0.25) is 0 Å². The second-order valence-corrected chi connectivity index (χ2v) is 4.90. The van der Waals surface area contributed by atoms with Crippen molar-refractivity contribution >= 4 is 24.8 Å². The Balaban J connectivity index is 0.00000180. The normalized spacial score (nSPS) is 15.1. The molecule has 0 bridgehead atoms. The van der Waals surface area contributed by atoms with Crippen molar-refractivity contribution in [2.24, 2.45) is 5.92 Å². The fraction of sp³-hybridized carbons (Fsp3) is 0.600. The van der Waals surface area contributed by atoms with Crippen LogP contribution in [0.2, 0.25) is 0 Å². The van der Waals surface area contributed by atoms with Crippen molar-refractivity contribution in [1.82, 2.24) is 10.6 Å². The Morgan fingerprint density at radius 2 is 2.00 bits per heavy atom. The molecule has 0 aromatic heterocycles. The highest BCUT2D eigenvalue weighted by molar-refractivity contribution is 5.85. The molecule has 0 aliphatic carbocycles. The van der Waals surface area contributed by atoms with Gasteiger partial charge in [-0.05, 0) is 63.0 Å². The Labute approximate surface area is 134 Å². The van der Waals surface area contributed by atoms with Gasteiger partial charge in [0.05, 0.1) is 6.61 Å². The number of halogens is 2. The summed E-state index contributed by atoms with van der Waals surface area (Å²) in [5.41, 5.74) is 1.30. The summed E-state index contributed by atoms with van der Waals surface area (Å²) in [5, 5.41) is 6.96. The Hall–Kier alpha value is -0.480. The molecule has 1 fully saturated rings. The zero-order chi connectivity index (χ0) is 12.6. The molecule has 116 valence electrons. The molecule has 2 N–H and O–H groups in total. The molecule has 0 atom stereocenters. The quantitative estimate of drug-likeness (QED) is 0.845. The Bertz CT molecular complexity index is 357. The third-order valence-electron chi connectivity index (χ3n) is 3.43. The average molecular weight is 321 g/mol. The Kier molecular flexibility index (Phi) is 10.9. The van der Waals surface area contributed by atoms with Crippen molar-refractivity contribution in [1.29, 1.82) is 0 Å². The molecule has 0 amide bonds. The summed E-state index contributed by atoms with van der Waals surface area (Å²) in [6, 6.07) is 8.35. The number of ether oxygens (including phenoxy) is 1. The largest absolute Gasteiger partial charge is 0.494 e. The van der Waals surface area contributed by atoms with Gasteiger partial charge in [-0.25, -0.2) is 0 Å². The van der Waals surface area contributed by atoms with Gasteiger partial charge >= 0.3 is 0 Å². The van der Waals surface area contributed by atoms with E-state index in [0.717, 1.165) is 31.4 Å². The third kappa shape index (κ3) is 6.80. The van der Waals surface area contributed by atoms with Crippen molar-refractivity contribution in [2.75, 3.05) is 26.2 Å². The molecule has 1 saturated heterocycles. The van der Waals surface area contributed by atoms with Crippen LogP contribution in [0.3, 0.4) is 0 Å². The maximum atomic E-state index is 5.51. The van der Waals surface area contributed by atoms with Gasteiger partial charge in [0.1, 0.15) is 5.75 Å². The number of hydrogen-bond donors (Lipinski definition) is 2. The highest BCUT2D eigenvalue weighted by Crippen LogP contribution is 2.14. The summed E-state index contributed by atoms with van der Waals surface area (Å²) >= 11 is 0. The summed E-state index contributed by atoms with van der Waals surface area (Å²) < 4.78 is 5.51. The number of benzene rings is 1. The van der Waals surface area contributed by atoms with Gasteiger partial charge in [-0.15, -0.1) is 24.8 Å². The number of hydrogen-bond acceptors (Lipinski definition) is 3. The number of nitrogens with one attached hydrogen (secondary N) is 2. The van der Waals surface area contributed by atoms with Crippen molar-refractivity contribution in [3.63, 3.8) is 0 Å². The van der Waals surface area contributed by atoms with Crippen LogP contribution in [-0.4, -0.2) is 26.2 Å². The molecule has 0 saturated carbocycles. The number of rotatable bonds is 6. The highest BCUT2D eigenvalue weighted by Gasteiger charge is 2.11. The predicted octanol–water partition coefficient (Wildman–Crippen LogP) is 3.02. The molecule has 0 radical (unpaired) electrons. The predicted molar refractivity (Wildman–Crippen MR) is 89.4 cm³/mol. The summed E-state index contributed by atoms with van der Waals surface area (Å²) in [5.74, 6) is 1.81. The molecule has 2 rings (SSSR count). The van der Waals surface area contributed by atoms with E-state index in [2.05, 4.69) is 28.8 Å². The standard InChI is InChI=1S/C15H24N2O.2ClH/c1-2-18-15-5-3-4-14(10-15)12-17-11-13-6-8-16-9-7-13;;/h3-5,10,13,16-17H,2,6-9,11-12H2,1H3;2*1H. The minimum Gasteiger partial charge on any atom is -0.494 e. The number of piperidine rings is 1. The summed E-state index contributed by atoms with van der Waals surface area (Å²) in [7, 11) is 0. The zero-order valence-electron chi connectivity index (χ0n) is 12.1. The topological polar surface area (TPSA) is 33.3 Å². The molecular formula is C15H26Cl2N2O. The molecule has 1 aromatic carbocycles. The van der Waals surface area contributed by atoms with E-state index >= 15 is 0 Å². The summed E-state index contributed by atoms with van der Waals surface area (Å²) in [6.07, 6.45) is 2.60. The average Bonchev–Trinajstić information content (AvgIpc) is 2.41. The molecule has 1 aliphatic heterocycles. The van der Waals surface area contributed by atoms with E-state index in [1.807, 2.05) is 13.0 Å². The van der Waals surface area contributed by atoms with Crippen molar-refractivity contribution in [3.8, 4) is 5.75 Å². The Morgan fingerprint density at radius 1 is 1.25 bits per heavy atom. The fourth-order valence-electron chi connectivity index (χ4n) is 2.42. The molecule has 0 spiro atoms. The minimum absolute atomic E-state index is 0. The molecule has 20 heavy (non-hydrogen) atoms. The summed E-state index contributed by atoms with van der Waals surface area (Å²) in [4.78, 5) is 0. The maximum Gasteiger partial charge on any atom is 0.119 e. The van der Waals surface area contributed by atoms with Gasteiger partial charge in [0.15, 0.2) is 0 Å². The van der Waals surface area contributed by atoms with E-state index in [4.69, 9.17) is 4.74 Å². The van der Waals surface area contributed by atoms with Crippen LogP contribution in [0.1, 0.15) is 25.3 Å². The molecule has 1 aromatic rings. The van der Waals surface area contributed by atoms with E-state index in [1.54, 1.807) is 0 Å². The van der Waals surface area contributed by atoms with Gasteiger partial charge in [0.25, 0.3) is 0 Å². The first-order valence-corrected chi connectivity index (χ1v) is 7.01. The van der Waals surface area contributed by atoms with Crippen molar-refractivity contribution in [3.05, 3.63) is 29.8 Å².